The molecule has 1 aliphatic rings. The molecule has 1 fully saturated rings. The maximum atomic E-state index is 13.6. The van der Waals surface area contributed by atoms with Gasteiger partial charge >= 0.3 is 0 Å². The van der Waals surface area contributed by atoms with Crippen LogP contribution in [0.3, 0.4) is 0 Å². The van der Waals surface area contributed by atoms with Crippen molar-refractivity contribution in [3.05, 3.63) is 29.6 Å². The first-order valence-corrected chi connectivity index (χ1v) is 5.24. The number of aliphatic hydroxyl groups is 1. The standard InChI is InChI=1S/C12H15FO3/c1-15-11-3-2-9(6-10(11)13)12(4-5-14)7-16-8-12/h2-3,6,14H,4-5,7-8H2,1H3. The van der Waals surface area contributed by atoms with E-state index in [-0.39, 0.29) is 23.6 Å². The zero-order chi connectivity index (χ0) is 11.6. The topological polar surface area (TPSA) is 38.7 Å². The van der Waals surface area contributed by atoms with Crippen molar-refractivity contribution in [2.24, 2.45) is 0 Å². The molecule has 1 saturated heterocycles. The second-order valence-electron chi connectivity index (χ2n) is 4.10. The number of halogens is 1. The highest BCUT2D eigenvalue weighted by molar-refractivity contribution is 5.35. The lowest BCUT2D eigenvalue weighted by atomic mass is 9.76. The van der Waals surface area contributed by atoms with Crippen molar-refractivity contribution in [3.8, 4) is 5.75 Å². The second kappa shape index (κ2) is 4.39. The zero-order valence-corrected chi connectivity index (χ0v) is 9.20. The highest BCUT2D eigenvalue weighted by atomic mass is 19.1. The van der Waals surface area contributed by atoms with E-state index in [1.165, 1.54) is 13.2 Å². The number of aliphatic hydroxyl groups excluding tert-OH is 1. The average Bonchev–Trinajstić information content (AvgIpc) is 2.23. The first kappa shape index (κ1) is 11.4. The van der Waals surface area contributed by atoms with Gasteiger partial charge in [0.15, 0.2) is 11.6 Å². The molecule has 0 amide bonds. The number of benzene rings is 1. The van der Waals surface area contributed by atoms with Crippen LogP contribution in [0.4, 0.5) is 4.39 Å². The molecule has 1 N–H and O–H groups in total. The van der Waals surface area contributed by atoms with E-state index in [0.29, 0.717) is 19.6 Å². The first-order chi connectivity index (χ1) is 7.72. The fraction of sp³-hybridized carbons (Fsp3) is 0.500. The quantitative estimate of drug-likeness (QED) is 0.845. The lowest BCUT2D eigenvalue weighted by Gasteiger charge is -2.41. The van der Waals surface area contributed by atoms with Crippen molar-refractivity contribution in [1.29, 1.82) is 0 Å². The van der Waals surface area contributed by atoms with Gasteiger partial charge in [0.2, 0.25) is 0 Å². The SMILES string of the molecule is COc1ccc(C2(CCO)COC2)cc1F. The molecule has 88 valence electrons. The number of ether oxygens (including phenoxy) is 2. The van der Waals surface area contributed by atoms with E-state index in [9.17, 15) is 4.39 Å². The largest absolute Gasteiger partial charge is 0.494 e. The van der Waals surface area contributed by atoms with Gasteiger partial charge in [0.05, 0.1) is 20.3 Å². The maximum Gasteiger partial charge on any atom is 0.165 e. The Morgan fingerprint density at radius 3 is 2.69 bits per heavy atom. The summed E-state index contributed by atoms with van der Waals surface area (Å²) in [5.41, 5.74) is 0.646. The van der Waals surface area contributed by atoms with E-state index >= 15 is 0 Å². The Morgan fingerprint density at radius 2 is 2.25 bits per heavy atom. The molecule has 3 nitrogen and oxygen atoms in total. The van der Waals surface area contributed by atoms with Gasteiger partial charge in [-0.3, -0.25) is 0 Å². The van der Waals surface area contributed by atoms with Crippen molar-refractivity contribution in [1.82, 2.24) is 0 Å². The minimum absolute atomic E-state index is 0.0804. The highest BCUT2D eigenvalue weighted by Crippen LogP contribution is 2.37. The molecule has 4 heteroatoms. The lowest BCUT2D eigenvalue weighted by molar-refractivity contribution is -0.0702. The van der Waals surface area contributed by atoms with E-state index < -0.39 is 0 Å². The van der Waals surface area contributed by atoms with E-state index in [4.69, 9.17) is 14.6 Å². The molecule has 0 saturated carbocycles. The van der Waals surface area contributed by atoms with Gasteiger partial charge in [0, 0.05) is 12.0 Å². The molecule has 1 heterocycles. The predicted octanol–water partition coefficient (Wildman–Crippen LogP) is 1.48. The Labute approximate surface area is 93.8 Å². The molecule has 0 bridgehead atoms. The van der Waals surface area contributed by atoms with Gasteiger partial charge in [-0.2, -0.15) is 0 Å². The van der Waals surface area contributed by atoms with E-state index in [2.05, 4.69) is 0 Å². The lowest BCUT2D eigenvalue weighted by Crippen LogP contribution is -2.47. The predicted molar refractivity (Wildman–Crippen MR) is 57.2 cm³/mol. The molecule has 0 aromatic heterocycles. The van der Waals surface area contributed by atoms with E-state index in [1.807, 2.05) is 6.07 Å². The van der Waals surface area contributed by atoms with Crippen LogP contribution in [-0.2, 0) is 10.2 Å². The van der Waals surface area contributed by atoms with Gasteiger partial charge in [0.1, 0.15) is 0 Å². The molecule has 16 heavy (non-hydrogen) atoms. The number of rotatable bonds is 4. The number of hydrogen-bond acceptors (Lipinski definition) is 3. The van der Waals surface area contributed by atoms with Crippen molar-refractivity contribution in [2.75, 3.05) is 26.9 Å². The van der Waals surface area contributed by atoms with Crippen LogP contribution in [0.15, 0.2) is 18.2 Å². The van der Waals surface area contributed by atoms with Crippen LogP contribution < -0.4 is 4.74 Å². The van der Waals surface area contributed by atoms with Crippen LogP contribution in [-0.4, -0.2) is 32.0 Å². The van der Waals surface area contributed by atoms with E-state index in [0.717, 1.165) is 5.56 Å². The van der Waals surface area contributed by atoms with E-state index in [1.54, 1.807) is 6.07 Å². The summed E-state index contributed by atoms with van der Waals surface area (Å²) in [5, 5.41) is 9.02. The Hall–Kier alpha value is -1.13. The summed E-state index contributed by atoms with van der Waals surface area (Å²) >= 11 is 0. The third kappa shape index (κ3) is 1.79. The molecule has 0 unspecified atom stereocenters. The summed E-state index contributed by atoms with van der Waals surface area (Å²) in [5.74, 6) is -0.132. The Balaban J connectivity index is 2.29. The van der Waals surface area contributed by atoms with Crippen LogP contribution in [0.5, 0.6) is 5.75 Å². The summed E-state index contributed by atoms with van der Waals surface area (Å²) in [4.78, 5) is 0. The zero-order valence-electron chi connectivity index (χ0n) is 9.20. The van der Waals surface area contributed by atoms with Gasteiger partial charge in [0.25, 0.3) is 0 Å². The summed E-state index contributed by atoms with van der Waals surface area (Å²) in [6.45, 7) is 1.16. The monoisotopic (exact) mass is 226 g/mol. The molecule has 0 spiro atoms. The van der Waals surface area contributed by atoms with Crippen molar-refractivity contribution >= 4 is 0 Å². The molecule has 0 atom stereocenters. The molecule has 0 radical (unpaired) electrons. The third-order valence-electron chi connectivity index (χ3n) is 3.11. The fourth-order valence-corrected chi connectivity index (χ4v) is 2.01. The number of hydrogen-bond donors (Lipinski definition) is 1. The van der Waals surface area contributed by atoms with Crippen molar-refractivity contribution < 1.29 is 19.0 Å². The highest BCUT2D eigenvalue weighted by Gasteiger charge is 2.40. The smallest absolute Gasteiger partial charge is 0.165 e. The normalized spacial score (nSPS) is 17.9. The Kier molecular flexibility index (Phi) is 3.12. The summed E-state index contributed by atoms with van der Waals surface area (Å²) in [6, 6.07) is 4.92. The third-order valence-corrected chi connectivity index (χ3v) is 3.11. The van der Waals surface area contributed by atoms with Gasteiger partial charge < -0.3 is 14.6 Å². The molecular formula is C12H15FO3. The van der Waals surface area contributed by atoms with Crippen LogP contribution in [0, 0.1) is 5.82 Å². The second-order valence-corrected chi connectivity index (χ2v) is 4.10. The van der Waals surface area contributed by atoms with Gasteiger partial charge in [-0.15, -0.1) is 0 Å². The van der Waals surface area contributed by atoms with Crippen molar-refractivity contribution in [2.45, 2.75) is 11.8 Å². The van der Waals surface area contributed by atoms with Gasteiger partial charge in [-0.1, -0.05) is 6.07 Å². The molecule has 0 aliphatic carbocycles. The summed E-state index contributed by atoms with van der Waals surface area (Å²) in [6.07, 6.45) is 0.596. The van der Waals surface area contributed by atoms with Crippen molar-refractivity contribution in [3.63, 3.8) is 0 Å². The number of methoxy groups -OCH3 is 1. The minimum Gasteiger partial charge on any atom is -0.494 e. The fourth-order valence-electron chi connectivity index (χ4n) is 2.01. The molecule has 1 aromatic rings. The minimum atomic E-state index is -0.371. The Morgan fingerprint density at radius 1 is 1.50 bits per heavy atom. The molecule has 1 aliphatic heterocycles. The average molecular weight is 226 g/mol. The maximum absolute atomic E-state index is 13.6. The molecule has 1 aromatic carbocycles. The van der Waals surface area contributed by atoms with Crippen LogP contribution in [0.1, 0.15) is 12.0 Å². The summed E-state index contributed by atoms with van der Waals surface area (Å²) < 4.78 is 23.6. The molecular weight excluding hydrogens is 211 g/mol. The van der Waals surface area contributed by atoms with Crippen LogP contribution >= 0.6 is 0 Å². The van der Waals surface area contributed by atoms with Gasteiger partial charge in [-0.05, 0) is 24.1 Å². The first-order valence-electron chi connectivity index (χ1n) is 5.24. The molecule has 2 rings (SSSR count). The van der Waals surface area contributed by atoms with Crippen LogP contribution in [0.25, 0.3) is 0 Å². The van der Waals surface area contributed by atoms with Gasteiger partial charge in [-0.25, -0.2) is 4.39 Å². The van der Waals surface area contributed by atoms with Crippen LogP contribution in [0.2, 0.25) is 0 Å². The summed E-state index contributed by atoms with van der Waals surface area (Å²) in [7, 11) is 1.44. The Bertz CT molecular complexity index is 375.